The van der Waals surface area contributed by atoms with Crippen LogP contribution in [0.15, 0.2) is 35.1 Å². The van der Waals surface area contributed by atoms with Crippen LogP contribution in [0, 0.1) is 17.8 Å². The fourth-order valence-corrected chi connectivity index (χ4v) is 5.17. The number of carbonyl (C=O) groups is 1. The summed E-state index contributed by atoms with van der Waals surface area (Å²) in [7, 11) is 0. The number of carbonyl (C=O) groups excluding carboxylic acids is 1. The van der Waals surface area contributed by atoms with E-state index in [4.69, 9.17) is 4.42 Å². The van der Waals surface area contributed by atoms with Gasteiger partial charge in [0.15, 0.2) is 17.1 Å². The molecule has 6 nitrogen and oxygen atoms in total. The van der Waals surface area contributed by atoms with Crippen molar-refractivity contribution < 1.29 is 22.4 Å². The lowest BCUT2D eigenvalue weighted by Gasteiger charge is -2.28. The molecule has 2 aliphatic rings. The first kappa shape index (κ1) is 19.1. The summed E-state index contributed by atoms with van der Waals surface area (Å²) in [5.74, 6) is 1.49. The van der Waals surface area contributed by atoms with E-state index in [1.165, 1.54) is 31.6 Å². The summed E-state index contributed by atoms with van der Waals surface area (Å²) >= 11 is 0. The molecule has 3 heterocycles. The minimum Gasteiger partial charge on any atom is -0.463 e. The summed E-state index contributed by atoms with van der Waals surface area (Å²) in [4.78, 5) is 17.2. The largest absolute Gasteiger partial charge is 0.463 e. The standard InChI is InChI=1S/C21H21F3N4O2/c1-11(14-8-12-4-5-13(14)7-12)26-20(29)15-10-25-28-18(21(22,23)24)9-16(27-19(15)28)17-3-2-6-30-17/h2-3,6,9-14H,4-5,7-8H2,1H3,(H,26,29)/t11-,12+,13+,14-/m1/s1. The predicted molar refractivity (Wildman–Crippen MR) is 102 cm³/mol. The van der Waals surface area contributed by atoms with Crippen molar-refractivity contribution in [2.75, 3.05) is 0 Å². The van der Waals surface area contributed by atoms with Crippen molar-refractivity contribution in [1.82, 2.24) is 19.9 Å². The van der Waals surface area contributed by atoms with Gasteiger partial charge in [-0.1, -0.05) is 6.42 Å². The van der Waals surface area contributed by atoms with Gasteiger partial charge in [-0.3, -0.25) is 4.79 Å². The Labute approximate surface area is 170 Å². The predicted octanol–water partition coefficient (Wildman–Crippen LogP) is 4.56. The van der Waals surface area contributed by atoms with Crippen molar-refractivity contribution in [2.45, 2.75) is 44.8 Å². The number of nitrogens with one attached hydrogen (secondary N) is 1. The first-order valence-corrected chi connectivity index (χ1v) is 10.1. The van der Waals surface area contributed by atoms with Crippen LogP contribution in [0.1, 0.15) is 48.7 Å². The van der Waals surface area contributed by atoms with Gasteiger partial charge >= 0.3 is 6.18 Å². The Kier molecular flexibility index (Phi) is 4.37. The summed E-state index contributed by atoms with van der Waals surface area (Å²) < 4.78 is 46.8. The summed E-state index contributed by atoms with van der Waals surface area (Å²) in [6.45, 7) is 1.97. The fourth-order valence-electron chi connectivity index (χ4n) is 5.17. The third-order valence-corrected chi connectivity index (χ3v) is 6.57. The number of aromatic nitrogens is 3. The van der Waals surface area contributed by atoms with Crippen molar-refractivity contribution in [3.63, 3.8) is 0 Å². The fraction of sp³-hybridized carbons (Fsp3) is 0.476. The first-order valence-electron chi connectivity index (χ1n) is 10.1. The van der Waals surface area contributed by atoms with Crippen molar-refractivity contribution >= 4 is 11.6 Å². The van der Waals surface area contributed by atoms with Crippen LogP contribution >= 0.6 is 0 Å². The molecule has 2 bridgehead atoms. The molecule has 2 aliphatic carbocycles. The lowest BCUT2D eigenvalue weighted by molar-refractivity contribution is -0.142. The molecule has 158 valence electrons. The van der Waals surface area contributed by atoms with Gasteiger partial charge in [0, 0.05) is 6.04 Å². The molecule has 1 N–H and O–H groups in total. The highest BCUT2D eigenvalue weighted by Crippen LogP contribution is 2.49. The number of furan rings is 1. The number of hydrogen-bond acceptors (Lipinski definition) is 4. The number of hydrogen-bond donors (Lipinski definition) is 1. The van der Waals surface area contributed by atoms with Crippen LogP contribution in [0.4, 0.5) is 13.2 Å². The molecule has 2 saturated carbocycles. The molecule has 0 aromatic carbocycles. The van der Waals surface area contributed by atoms with Gasteiger partial charge in [0.25, 0.3) is 5.91 Å². The minimum atomic E-state index is -4.67. The third kappa shape index (κ3) is 3.16. The molecule has 9 heteroatoms. The number of alkyl halides is 3. The molecule has 0 radical (unpaired) electrons. The highest BCUT2D eigenvalue weighted by molar-refractivity contribution is 6.00. The molecule has 5 rings (SSSR count). The average molecular weight is 418 g/mol. The van der Waals surface area contributed by atoms with Crippen LogP contribution in [-0.4, -0.2) is 26.5 Å². The number of halogens is 3. The maximum absolute atomic E-state index is 13.6. The molecule has 0 unspecified atom stereocenters. The van der Waals surface area contributed by atoms with E-state index in [1.807, 2.05) is 6.92 Å². The van der Waals surface area contributed by atoms with E-state index in [9.17, 15) is 18.0 Å². The number of amides is 1. The topological polar surface area (TPSA) is 72.4 Å². The van der Waals surface area contributed by atoms with Gasteiger partial charge in [-0.15, -0.1) is 0 Å². The van der Waals surface area contributed by atoms with Gasteiger partial charge in [0.2, 0.25) is 0 Å². The molecule has 0 aliphatic heterocycles. The Morgan fingerprint density at radius 2 is 2.17 bits per heavy atom. The first-order chi connectivity index (χ1) is 14.3. The van der Waals surface area contributed by atoms with Crippen LogP contribution in [0.5, 0.6) is 0 Å². The van der Waals surface area contributed by atoms with Crippen molar-refractivity contribution in [3.05, 3.63) is 41.9 Å². The van der Waals surface area contributed by atoms with Crippen molar-refractivity contribution in [1.29, 1.82) is 0 Å². The van der Waals surface area contributed by atoms with E-state index in [1.54, 1.807) is 6.07 Å². The Hall–Kier alpha value is -2.84. The average Bonchev–Trinajstić information content (AvgIpc) is 3.50. The summed E-state index contributed by atoms with van der Waals surface area (Å²) in [5.41, 5.74) is -1.15. The van der Waals surface area contributed by atoms with E-state index >= 15 is 0 Å². The molecule has 0 spiro atoms. The highest BCUT2D eigenvalue weighted by atomic mass is 19.4. The van der Waals surface area contributed by atoms with Crippen LogP contribution in [0.25, 0.3) is 17.1 Å². The van der Waals surface area contributed by atoms with Crippen LogP contribution in [0.3, 0.4) is 0 Å². The van der Waals surface area contributed by atoms with E-state index in [2.05, 4.69) is 15.4 Å². The molecule has 3 aromatic rings. The molecule has 3 aromatic heterocycles. The number of fused-ring (bicyclic) bond motifs is 3. The maximum atomic E-state index is 13.6. The second-order valence-electron chi connectivity index (χ2n) is 8.40. The minimum absolute atomic E-state index is 0.00414. The third-order valence-electron chi connectivity index (χ3n) is 6.57. The molecule has 30 heavy (non-hydrogen) atoms. The zero-order valence-corrected chi connectivity index (χ0v) is 16.3. The second kappa shape index (κ2) is 6.85. The van der Waals surface area contributed by atoms with E-state index in [0.29, 0.717) is 16.4 Å². The van der Waals surface area contributed by atoms with Crippen LogP contribution < -0.4 is 5.32 Å². The lowest BCUT2D eigenvalue weighted by Crippen LogP contribution is -2.40. The Bertz CT molecular complexity index is 1090. The Morgan fingerprint density at radius 1 is 1.33 bits per heavy atom. The molecule has 4 atom stereocenters. The highest BCUT2D eigenvalue weighted by Gasteiger charge is 2.42. The Balaban J connectivity index is 1.50. The number of nitrogens with zero attached hydrogens (tertiary/aromatic N) is 3. The van der Waals surface area contributed by atoms with E-state index < -0.39 is 17.8 Å². The summed E-state index contributed by atoms with van der Waals surface area (Å²) in [6.07, 6.45) is 2.59. The molecular weight excluding hydrogens is 397 g/mol. The van der Waals surface area contributed by atoms with Gasteiger partial charge in [0.1, 0.15) is 11.3 Å². The SMILES string of the molecule is C[C@@H](NC(=O)c1cnn2c(C(F)(F)F)cc(-c3ccco3)nc12)[C@H]1C[C@H]2CC[C@H]1C2. The molecule has 1 amide bonds. The number of rotatable bonds is 4. The quantitative estimate of drug-likeness (QED) is 0.674. The second-order valence-corrected chi connectivity index (χ2v) is 8.40. The van der Waals surface area contributed by atoms with Crippen molar-refractivity contribution in [2.24, 2.45) is 17.8 Å². The van der Waals surface area contributed by atoms with Crippen LogP contribution in [-0.2, 0) is 6.18 Å². The normalized spacial score (nSPS) is 24.5. The van der Waals surface area contributed by atoms with E-state index in [0.717, 1.165) is 24.6 Å². The van der Waals surface area contributed by atoms with Crippen molar-refractivity contribution in [3.8, 4) is 11.5 Å². The van der Waals surface area contributed by atoms with Gasteiger partial charge in [-0.2, -0.15) is 18.3 Å². The monoisotopic (exact) mass is 418 g/mol. The smallest absolute Gasteiger partial charge is 0.433 e. The lowest BCUT2D eigenvalue weighted by atomic mass is 9.84. The Morgan fingerprint density at radius 3 is 2.80 bits per heavy atom. The molecule has 0 saturated heterocycles. The van der Waals surface area contributed by atoms with Gasteiger partial charge in [-0.25, -0.2) is 9.50 Å². The zero-order chi connectivity index (χ0) is 21.0. The van der Waals surface area contributed by atoms with Gasteiger partial charge in [0.05, 0.1) is 12.5 Å². The molecule has 2 fully saturated rings. The van der Waals surface area contributed by atoms with E-state index in [-0.39, 0.29) is 28.7 Å². The summed E-state index contributed by atoms with van der Waals surface area (Å²) in [6, 6.07) is 3.90. The van der Waals surface area contributed by atoms with Gasteiger partial charge in [-0.05, 0) is 62.1 Å². The summed E-state index contributed by atoms with van der Waals surface area (Å²) in [5, 5.41) is 6.79. The zero-order valence-electron chi connectivity index (χ0n) is 16.3. The van der Waals surface area contributed by atoms with Gasteiger partial charge < -0.3 is 9.73 Å². The maximum Gasteiger partial charge on any atom is 0.433 e. The molecular formula is C21H21F3N4O2. The van der Waals surface area contributed by atoms with Crippen LogP contribution in [0.2, 0.25) is 0 Å².